The summed E-state index contributed by atoms with van der Waals surface area (Å²) in [6.45, 7) is 2.05. The summed E-state index contributed by atoms with van der Waals surface area (Å²) in [5, 5.41) is 9.42. The molecule has 22 heavy (non-hydrogen) atoms. The van der Waals surface area contributed by atoms with E-state index < -0.39 is 0 Å². The van der Waals surface area contributed by atoms with E-state index in [4.69, 9.17) is 11.6 Å². The number of aromatic nitrogens is 6. The van der Waals surface area contributed by atoms with Crippen molar-refractivity contribution in [2.75, 3.05) is 19.0 Å². The Kier molecular flexibility index (Phi) is 3.88. The van der Waals surface area contributed by atoms with E-state index in [2.05, 4.69) is 27.1 Å². The Labute approximate surface area is 137 Å². The Balaban J connectivity index is 2.04. The quantitative estimate of drug-likeness (QED) is 0.731. The maximum absolute atomic E-state index is 6.30. The average molecular weight is 338 g/mol. The van der Waals surface area contributed by atoms with Crippen LogP contribution in [0.2, 0.25) is 5.15 Å². The molecule has 3 rings (SSSR count). The minimum atomic E-state index is -0.00836. The molecule has 0 saturated heterocycles. The molecule has 0 bridgehead atoms. The van der Waals surface area contributed by atoms with Gasteiger partial charge in [-0.05, 0) is 6.92 Å². The van der Waals surface area contributed by atoms with Crippen molar-refractivity contribution >= 4 is 28.1 Å². The fourth-order valence-corrected chi connectivity index (χ4v) is 3.43. The zero-order valence-corrected chi connectivity index (χ0v) is 14.3. The summed E-state index contributed by atoms with van der Waals surface area (Å²) in [5.74, 6) is 1.64. The van der Waals surface area contributed by atoms with Crippen LogP contribution < -0.4 is 4.90 Å². The summed E-state index contributed by atoms with van der Waals surface area (Å²) in [4.78, 5) is 11.6. The second kappa shape index (κ2) is 5.69. The van der Waals surface area contributed by atoms with E-state index in [1.54, 1.807) is 12.5 Å². The van der Waals surface area contributed by atoms with Crippen LogP contribution >= 0.6 is 22.9 Å². The van der Waals surface area contributed by atoms with Crippen molar-refractivity contribution in [2.45, 2.75) is 13.0 Å². The number of hydrogen-bond acceptors (Lipinski definition) is 6. The second-order valence-corrected chi connectivity index (χ2v) is 6.48. The van der Waals surface area contributed by atoms with Gasteiger partial charge in [0.05, 0.1) is 6.04 Å². The summed E-state index contributed by atoms with van der Waals surface area (Å²) in [7, 11) is 5.80. The van der Waals surface area contributed by atoms with E-state index in [1.807, 2.05) is 41.4 Å². The summed E-state index contributed by atoms with van der Waals surface area (Å²) >= 11 is 7.81. The van der Waals surface area contributed by atoms with Crippen LogP contribution in [0.5, 0.6) is 0 Å². The number of anilines is 1. The Hall–Kier alpha value is -1.93. The van der Waals surface area contributed by atoms with Gasteiger partial charge < -0.3 is 14.0 Å². The van der Waals surface area contributed by atoms with Crippen LogP contribution in [0.15, 0.2) is 18.7 Å². The summed E-state index contributed by atoms with van der Waals surface area (Å²) in [5.41, 5.74) is 0. The predicted octanol–water partition coefficient (Wildman–Crippen LogP) is 2.46. The smallest absolute Gasteiger partial charge is 0.186 e. The molecule has 3 heterocycles. The zero-order chi connectivity index (χ0) is 15.9. The van der Waals surface area contributed by atoms with E-state index >= 15 is 0 Å². The standard InChI is InChI=1S/C13H16ClN7S/c1-8(11-18-16-7-20(11)4)21-6-5-15-12(21)9-10(14)17-13(22-9)19(2)3/h5-8H,1-4H3/t8-/m0/s1. The first-order valence-electron chi connectivity index (χ1n) is 6.69. The van der Waals surface area contributed by atoms with Crippen molar-refractivity contribution < 1.29 is 0 Å². The minimum absolute atomic E-state index is 0.00836. The molecular weight excluding hydrogens is 322 g/mol. The van der Waals surface area contributed by atoms with Crippen molar-refractivity contribution in [3.63, 3.8) is 0 Å². The molecule has 0 amide bonds. The molecule has 3 aromatic heterocycles. The Morgan fingerprint density at radius 1 is 1.36 bits per heavy atom. The highest BCUT2D eigenvalue weighted by molar-refractivity contribution is 7.19. The molecule has 0 saturated carbocycles. The van der Waals surface area contributed by atoms with Gasteiger partial charge >= 0.3 is 0 Å². The number of aryl methyl sites for hydroxylation is 1. The van der Waals surface area contributed by atoms with E-state index in [-0.39, 0.29) is 6.04 Å². The monoisotopic (exact) mass is 337 g/mol. The minimum Gasteiger partial charge on any atom is -0.354 e. The molecule has 0 spiro atoms. The molecule has 0 fully saturated rings. The Morgan fingerprint density at radius 3 is 2.73 bits per heavy atom. The maximum Gasteiger partial charge on any atom is 0.186 e. The second-order valence-electron chi connectivity index (χ2n) is 5.14. The molecule has 0 aromatic carbocycles. The molecule has 7 nitrogen and oxygen atoms in total. The molecule has 9 heteroatoms. The van der Waals surface area contributed by atoms with Gasteiger partial charge in [-0.3, -0.25) is 0 Å². The van der Waals surface area contributed by atoms with Gasteiger partial charge in [-0.2, -0.15) is 0 Å². The van der Waals surface area contributed by atoms with Crippen molar-refractivity contribution in [1.29, 1.82) is 0 Å². The van der Waals surface area contributed by atoms with E-state index in [9.17, 15) is 0 Å². The number of hydrogen-bond donors (Lipinski definition) is 0. The fourth-order valence-electron chi connectivity index (χ4n) is 2.22. The van der Waals surface area contributed by atoms with Crippen LogP contribution in [0, 0.1) is 0 Å². The lowest BCUT2D eigenvalue weighted by molar-refractivity contribution is 0.579. The number of nitrogens with zero attached hydrogens (tertiary/aromatic N) is 7. The molecule has 0 aliphatic heterocycles. The van der Waals surface area contributed by atoms with Gasteiger partial charge in [-0.25, -0.2) is 9.97 Å². The van der Waals surface area contributed by atoms with Crippen molar-refractivity contribution in [2.24, 2.45) is 7.05 Å². The Morgan fingerprint density at radius 2 is 2.14 bits per heavy atom. The summed E-state index contributed by atoms with van der Waals surface area (Å²) < 4.78 is 3.93. The van der Waals surface area contributed by atoms with E-state index in [0.717, 1.165) is 21.7 Å². The predicted molar refractivity (Wildman–Crippen MR) is 87.5 cm³/mol. The van der Waals surface area contributed by atoms with Crippen LogP contribution in [0.25, 0.3) is 10.7 Å². The molecule has 3 aromatic rings. The molecular formula is C13H16ClN7S. The van der Waals surface area contributed by atoms with Crippen molar-refractivity contribution in [3.8, 4) is 10.7 Å². The number of rotatable bonds is 4. The highest BCUT2D eigenvalue weighted by atomic mass is 35.5. The highest BCUT2D eigenvalue weighted by Crippen LogP contribution is 2.37. The highest BCUT2D eigenvalue weighted by Gasteiger charge is 2.21. The van der Waals surface area contributed by atoms with Crippen LogP contribution in [-0.2, 0) is 7.05 Å². The van der Waals surface area contributed by atoms with E-state index in [1.165, 1.54) is 11.3 Å². The molecule has 1 atom stereocenters. The van der Waals surface area contributed by atoms with Crippen LogP contribution in [0.3, 0.4) is 0 Å². The fraction of sp³-hybridized carbons (Fsp3) is 0.385. The lowest BCUT2D eigenvalue weighted by atomic mass is 10.3. The number of halogens is 1. The van der Waals surface area contributed by atoms with E-state index in [0.29, 0.717) is 5.15 Å². The number of imidazole rings is 1. The van der Waals surface area contributed by atoms with Gasteiger partial charge in [-0.15, -0.1) is 10.2 Å². The third kappa shape index (κ3) is 2.48. The largest absolute Gasteiger partial charge is 0.354 e. The third-order valence-electron chi connectivity index (χ3n) is 3.37. The molecule has 116 valence electrons. The first-order valence-corrected chi connectivity index (χ1v) is 7.89. The molecule has 0 unspecified atom stereocenters. The topological polar surface area (TPSA) is 64.7 Å². The molecule has 0 aliphatic carbocycles. The van der Waals surface area contributed by atoms with Gasteiger partial charge in [0.2, 0.25) is 0 Å². The van der Waals surface area contributed by atoms with Crippen LogP contribution in [0.1, 0.15) is 18.8 Å². The lowest BCUT2D eigenvalue weighted by Crippen LogP contribution is -2.12. The summed E-state index contributed by atoms with van der Waals surface area (Å²) in [6, 6.07) is -0.00836. The zero-order valence-electron chi connectivity index (χ0n) is 12.7. The van der Waals surface area contributed by atoms with Gasteiger partial charge in [-0.1, -0.05) is 22.9 Å². The Bertz CT molecular complexity index is 788. The lowest BCUT2D eigenvalue weighted by Gasteiger charge is -2.14. The van der Waals surface area contributed by atoms with Gasteiger partial charge in [0, 0.05) is 33.5 Å². The summed E-state index contributed by atoms with van der Waals surface area (Å²) in [6.07, 6.45) is 5.36. The van der Waals surface area contributed by atoms with Gasteiger partial charge in [0.25, 0.3) is 0 Å². The molecule has 0 radical (unpaired) electrons. The van der Waals surface area contributed by atoms with Crippen LogP contribution in [0.4, 0.5) is 5.13 Å². The molecule has 0 aliphatic rings. The maximum atomic E-state index is 6.30. The third-order valence-corrected chi connectivity index (χ3v) is 4.97. The van der Waals surface area contributed by atoms with Crippen LogP contribution in [-0.4, -0.2) is 43.4 Å². The SMILES string of the molecule is C[C@@H](c1nncn1C)n1ccnc1-c1sc(N(C)C)nc1Cl. The molecule has 0 N–H and O–H groups in total. The number of thiazole rings is 1. The van der Waals surface area contributed by atoms with Crippen molar-refractivity contribution in [3.05, 3.63) is 29.7 Å². The normalized spacial score (nSPS) is 12.6. The van der Waals surface area contributed by atoms with Gasteiger partial charge in [0.1, 0.15) is 11.2 Å². The van der Waals surface area contributed by atoms with Gasteiger partial charge in [0.15, 0.2) is 21.9 Å². The average Bonchev–Trinajstić information content (AvgIpc) is 3.16. The first kappa shape index (κ1) is 15.0. The first-order chi connectivity index (χ1) is 10.5. The van der Waals surface area contributed by atoms with Crippen molar-refractivity contribution in [1.82, 2.24) is 29.3 Å².